The van der Waals surface area contributed by atoms with Crippen molar-refractivity contribution in [1.82, 2.24) is 0 Å². The van der Waals surface area contributed by atoms with Crippen LogP contribution >= 0.6 is 11.6 Å². The number of halogens is 1. The highest BCUT2D eigenvalue weighted by Gasteiger charge is 2.34. The molecule has 0 fully saturated rings. The van der Waals surface area contributed by atoms with Crippen LogP contribution in [0.3, 0.4) is 0 Å². The summed E-state index contributed by atoms with van der Waals surface area (Å²) < 4.78 is 0. The molecular formula is C20H24ClN3. The lowest BCUT2D eigenvalue weighted by Gasteiger charge is -2.45. The van der Waals surface area contributed by atoms with Gasteiger partial charge in [0.25, 0.3) is 0 Å². The quantitative estimate of drug-likeness (QED) is 0.589. The van der Waals surface area contributed by atoms with Gasteiger partial charge in [0.15, 0.2) is 0 Å². The third kappa shape index (κ3) is 3.27. The summed E-state index contributed by atoms with van der Waals surface area (Å²) in [7, 11) is 2.14. The van der Waals surface area contributed by atoms with Crippen molar-refractivity contribution in [2.24, 2.45) is 5.10 Å². The molecule has 0 saturated carbocycles. The maximum Gasteiger partial charge on any atom is 0.0561 e. The Bertz CT molecular complexity index is 753. The number of para-hydroxylation sites is 1. The first-order valence-electron chi connectivity index (χ1n) is 8.30. The van der Waals surface area contributed by atoms with E-state index in [1.165, 1.54) is 11.3 Å². The van der Waals surface area contributed by atoms with Gasteiger partial charge in [-0.25, -0.2) is 0 Å². The van der Waals surface area contributed by atoms with Crippen LogP contribution in [0, 0.1) is 0 Å². The Morgan fingerprint density at radius 2 is 1.96 bits per heavy atom. The van der Waals surface area contributed by atoms with Gasteiger partial charge in [-0.1, -0.05) is 36.7 Å². The number of rotatable bonds is 3. The Hall–Kier alpha value is -2.00. The van der Waals surface area contributed by atoms with Gasteiger partial charge in [0.05, 0.1) is 16.9 Å². The van der Waals surface area contributed by atoms with E-state index in [1.807, 2.05) is 30.3 Å². The molecule has 3 rings (SSSR count). The number of fused-ring (bicyclic) bond motifs is 1. The predicted molar refractivity (Wildman–Crippen MR) is 105 cm³/mol. The summed E-state index contributed by atoms with van der Waals surface area (Å²) in [6.45, 7) is 6.84. The van der Waals surface area contributed by atoms with Crippen molar-refractivity contribution in [3.8, 4) is 0 Å². The van der Waals surface area contributed by atoms with E-state index in [1.54, 1.807) is 6.21 Å². The molecular weight excluding hydrogens is 318 g/mol. The van der Waals surface area contributed by atoms with Gasteiger partial charge in [0, 0.05) is 23.8 Å². The van der Waals surface area contributed by atoms with E-state index in [4.69, 9.17) is 11.6 Å². The maximum atomic E-state index is 6.50. The molecule has 0 aliphatic carbocycles. The van der Waals surface area contributed by atoms with E-state index in [0.29, 0.717) is 5.92 Å². The maximum absolute atomic E-state index is 6.50. The second-order valence-corrected chi connectivity index (χ2v) is 7.55. The molecule has 126 valence electrons. The molecule has 0 spiro atoms. The Kier molecular flexibility index (Phi) is 4.55. The number of nitrogens with zero attached hydrogens (tertiary/aromatic N) is 2. The van der Waals surface area contributed by atoms with Crippen LogP contribution in [0.2, 0.25) is 5.02 Å². The van der Waals surface area contributed by atoms with Crippen LogP contribution in [-0.4, -0.2) is 18.8 Å². The first kappa shape index (κ1) is 16.8. The lowest BCUT2D eigenvalue weighted by Crippen LogP contribution is -2.45. The Morgan fingerprint density at radius 3 is 2.67 bits per heavy atom. The molecule has 1 aliphatic heterocycles. The van der Waals surface area contributed by atoms with E-state index in [2.05, 4.69) is 55.4 Å². The van der Waals surface area contributed by atoms with Crippen molar-refractivity contribution in [3.63, 3.8) is 0 Å². The third-order valence-corrected chi connectivity index (χ3v) is 5.25. The fraction of sp³-hybridized carbons (Fsp3) is 0.350. The third-order valence-electron chi connectivity index (χ3n) is 4.92. The van der Waals surface area contributed by atoms with Crippen LogP contribution < -0.4 is 10.3 Å². The van der Waals surface area contributed by atoms with Crippen molar-refractivity contribution in [3.05, 3.63) is 58.6 Å². The SMILES string of the molecule is C[C@H]1CC(C)(C)N(C)c2cc(Cl)c(/C=N\Nc3ccccc3)cc21. The van der Waals surface area contributed by atoms with Crippen LogP contribution in [-0.2, 0) is 0 Å². The van der Waals surface area contributed by atoms with Crippen molar-refractivity contribution in [2.75, 3.05) is 17.4 Å². The zero-order valence-electron chi connectivity index (χ0n) is 14.7. The highest BCUT2D eigenvalue weighted by molar-refractivity contribution is 6.33. The summed E-state index contributed by atoms with van der Waals surface area (Å²) >= 11 is 6.50. The van der Waals surface area contributed by atoms with Crippen molar-refractivity contribution < 1.29 is 0 Å². The topological polar surface area (TPSA) is 27.6 Å². The van der Waals surface area contributed by atoms with Crippen LogP contribution in [0.25, 0.3) is 0 Å². The van der Waals surface area contributed by atoms with Gasteiger partial charge in [0.1, 0.15) is 0 Å². The van der Waals surface area contributed by atoms with Gasteiger partial charge in [0.2, 0.25) is 0 Å². The molecule has 0 unspecified atom stereocenters. The van der Waals surface area contributed by atoms with Gasteiger partial charge in [-0.15, -0.1) is 0 Å². The molecule has 0 amide bonds. The molecule has 1 atom stereocenters. The Morgan fingerprint density at radius 1 is 1.25 bits per heavy atom. The first-order chi connectivity index (χ1) is 11.4. The first-order valence-corrected chi connectivity index (χ1v) is 8.68. The lowest BCUT2D eigenvalue weighted by molar-refractivity contribution is 0.395. The molecule has 2 aromatic rings. The van der Waals surface area contributed by atoms with Gasteiger partial charge >= 0.3 is 0 Å². The fourth-order valence-electron chi connectivity index (χ4n) is 3.39. The number of anilines is 2. The normalized spacial score (nSPS) is 19.4. The van der Waals surface area contributed by atoms with Gasteiger partial charge in [-0.05, 0) is 56.0 Å². The van der Waals surface area contributed by atoms with E-state index < -0.39 is 0 Å². The molecule has 1 aliphatic rings. The van der Waals surface area contributed by atoms with E-state index in [9.17, 15) is 0 Å². The second kappa shape index (κ2) is 6.48. The molecule has 3 nitrogen and oxygen atoms in total. The molecule has 0 saturated heterocycles. The number of hydrazone groups is 1. The minimum Gasteiger partial charge on any atom is -0.369 e. The highest BCUT2D eigenvalue weighted by atomic mass is 35.5. The fourth-order valence-corrected chi connectivity index (χ4v) is 3.60. The molecule has 24 heavy (non-hydrogen) atoms. The van der Waals surface area contributed by atoms with Gasteiger partial charge < -0.3 is 4.90 Å². The smallest absolute Gasteiger partial charge is 0.0561 e. The van der Waals surface area contributed by atoms with Crippen LogP contribution in [0.4, 0.5) is 11.4 Å². The zero-order chi connectivity index (χ0) is 17.3. The van der Waals surface area contributed by atoms with Gasteiger partial charge in [-0.2, -0.15) is 5.10 Å². The van der Waals surface area contributed by atoms with Crippen LogP contribution in [0.15, 0.2) is 47.6 Å². The number of nitrogens with one attached hydrogen (secondary N) is 1. The highest BCUT2D eigenvalue weighted by Crippen LogP contribution is 2.44. The summed E-state index contributed by atoms with van der Waals surface area (Å²) in [4.78, 5) is 2.33. The molecule has 0 radical (unpaired) electrons. The average molecular weight is 342 g/mol. The summed E-state index contributed by atoms with van der Waals surface area (Å²) in [5.74, 6) is 0.498. The minimum absolute atomic E-state index is 0.139. The largest absolute Gasteiger partial charge is 0.369 e. The molecule has 0 aromatic heterocycles. The summed E-state index contributed by atoms with van der Waals surface area (Å²) in [5.41, 5.74) is 7.63. The molecule has 2 aromatic carbocycles. The number of hydrogen-bond acceptors (Lipinski definition) is 3. The molecule has 4 heteroatoms. The second-order valence-electron chi connectivity index (χ2n) is 7.15. The summed E-state index contributed by atoms with van der Waals surface area (Å²) in [6, 6.07) is 14.1. The Labute approximate surface area is 149 Å². The zero-order valence-corrected chi connectivity index (χ0v) is 15.4. The van der Waals surface area contributed by atoms with Crippen molar-refractivity contribution in [1.29, 1.82) is 0 Å². The van der Waals surface area contributed by atoms with E-state index >= 15 is 0 Å². The number of hydrogen-bond donors (Lipinski definition) is 1. The minimum atomic E-state index is 0.139. The lowest BCUT2D eigenvalue weighted by atomic mass is 9.80. The standard InChI is InChI=1S/C20H24ClN3/c1-14-12-20(2,3)24(4)19-11-18(21)15(10-17(14)19)13-22-23-16-8-6-5-7-9-16/h5-11,13-14,23H,12H2,1-4H3/b22-13-/t14-/m0/s1. The van der Waals surface area contributed by atoms with E-state index in [0.717, 1.165) is 22.7 Å². The number of benzene rings is 2. The molecule has 1 N–H and O–H groups in total. The monoisotopic (exact) mass is 341 g/mol. The molecule has 1 heterocycles. The molecule has 0 bridgehead atoms. The predicted octanol–water partition coefficient (Wildman–Crippen LogP) is 5.51. The Balaban J connectivity index is 1.88. The van der Waals surface area contributed by atoms with Crippen molar-refractivity contribution in [2.45, 2.75) is 38.6 Å². The summed E-state index contributed by atoms with van der Waals surface area (Å²) in [5, 5.41) is 5.05. The van der Waals surface area contributed by atoms with Crippen LogP contribution in [0.1, 0.15) is 44.2 Å². The van der Waals surface area contributed by atoms with Gasteiger partial charge in [-0.3, -0.25) is 5.43 Å². The average Bonchev–Trinajstić information content (AvgIpc) is 2.54. The van der Waals surface area contributed by atoms with Crippen LogP contribution in [0.5, 0.6) is 0 Å². The summed E-state index contributed by atoms with van der Waals surface area (Å²) in [6.07, 6.45) is 2.92. The van der Waals surface area contributed by atoms with E-state index in [-0.39, 0.29) is 5.54 Å². The van der Waals surface area contributed by atoms with Crippen molar-refractivity contribution >= 4 is 29.2 Å².